The molecule has 0 aliphatic carbocycles. The highest BCUT2D eigenvalue weighted by Crippen LogP contribution is 2.31. The zero-order valence-electron chi connectivity index (χ0n) is 16.4. The molecule has 6 nitrogen and oxygen atoms in total. The first-order valence-electron chi connectivity index (χ1n) is 9.46. The van der Waals surface area contributed by atoms with Crippen LogP contribution >= 0.6 is 11.8 Å². The van der Waals surface area contributed by atoms with Gasteiger partial charge in [0.2, 0.25) is 5.91 Å². The van der Waals surface area contributed by atoms with Gasteiger partial charge in [-0.1, -0.05) is 36.0 Å². The number of thioether (sulfide) groups is 1. The van der Waals surface area contributed by atoms with Crippen molar-refractivity contribution in [1.82, 2.24) is 19.7 Å². The number of hydrogen-bond donors (Lipinski definition) is 2. The third-order valence-electron chi connectivity index (χ3n) is 4.67. The van der Waals surface area contributed by atoms with Gasteiger partial charge in [0.05, 0.1) is 11.3 Å². The SMILES string of the molecule is CCn1c(SCC(=O)Nc2cccc(C(F)(F)F)c2)nnc1-c1c[nH]c2ccccc12. The molecule has 0 saturated carbocycles. The van der Waals surface area contributed by atoms with E-state index in [1.165, 1.54) is 23.9 Å². The number of aromatic amines is 1. The lowest BCUT2D eigenvalue weighted by Crippen LogP contribution is -2.15. The molecule has 2 aromatic heterocycles. The van der Waals surface area contributed by atoms with Gasteiger partial charge in [-0.15, -0.1) is 10.2 Å². The number of nitrogens with one attached hydrogen (secondary N) is 2. The fourth-order valence-corrected chi connectivity index (χ4v) is 4.04. The highest BCUT2D eigenvalue weighted by molar-refractivity contribution is 7.99. The fourth-order valence-electron chi connectivity index (χ4n) is 3.24. The highest BCUT2D eigenvalue weighted by Gasteiger charge is 2.30. The molecule has 0 unspecified atom stereocenters. The van der Waals surface area contributed by atoms with Crippen LogP contribution in [-0.2, 0) is 17.5 Å². The van der Waals surface area contributed by atoms with Crippen molar-refractivity contribution in [1.29, 1.82) is 0 Å². The van der Waals surface area contributed by atoms with Crippen molar-refractivity contribution in [3.63, 3.8) is 0 Å². The number of anilines is 1. The summed E-state index contributed by atoms with van der Waals surface area (Å²) in [5.74, 6) is 0.242. The molecule has 4 rings (SSSR count). The van der Waals surface area contributed by atoms with Gasteiger partial charge >= 0.3 is 6.18 Å². The number of aromatic nitrogens is 4. The van der Waals surface area contributed by atoms with Crippen LogP contribution in [0.15, 0.2) is 59.9 Å². The van der Waals surface area contributed by atoms with Crippen LogP contribution in [0.25, 0.3) is 22.3 Å². The van der Waals surface area contributed by atoms with Gasteiger partial charge in [-0.25, -0.2) is 0 Å². The Morgan fingerprint density at radius 3 is 2.74 bits per heavy atom. The normalized spacial score (nSPS) is 11.7. The molecule has 0 spiro atoms. The molecule has 2 N–H and O–H groups in total. The summed E-state index contributed by atoms with van der Waals surface area (Å²) in [7, 11) is 0. The van der Waals surface area contributed by atoms with Gasteiger partial charge in [0, 0.05) is 34.9 Å². The standard InChI is InChI=1S/C21H18F3N5OS/c1-2-29-19(16-11-25-17-9-4-3-8-15(16)17)27-28-20(29)31-12-18(30)26-14-7-5-6-13(10-14)21(22,23)24/h3-11,25H,2,12H2,1H3,(H,26,30). The number of halogens is 3. The molecule has 0 bridgehead atoms. The molecule has 0 aliphatic heterocycles. The van der Waals surface area contributed by atoms with Crippen LogP contribution in [0.2, 0.25) is 0 Å². The second-order valence-corrected chi connectivity index (χ2v) is 7.66. The number of carbonyl (C=O) groups excluding carboxylic acids is 1. The molecule has 10 heteroatoms. The average Bonchev–Trinajstić information content (AvgIpc) is 3.35. The Hall–Kier alpha value is -3.27. The first-order valence-corrected chi connectivity index (χ1v) is 10.4. The predicted octanol–water partition coefficient (Wildman–Crippen LogP) is 5.20. The number of carbonyl (C=O) groups is 1. The van der Waals surface area contributed by atoms with E-state index >= 15 is 0 Å². The van der Waals surface area contributed by atoms with Crippen LogP contribution in [0.4, 0.5) is 18.9 Å². The summed E-state index contributed by atoms with van der Waals surface area (Å²) in [6.45, 7) is 2.55. The minimum Gasteiger partial charge on any atom is -0.360 e. The molecule has 4 aromatic rings. The number of para-hydroxylation sites is 1. The molecule has 0 atom stereocenters. The lowest BCUT2D eigenvalue weighted by Gasteiger charge is -2.10. The lowest BCUT2D eigenvalue weighted by atomic mass is 10.1. The van der Waals surface area contributed by atoms with Crippen LogP contribution in [0, 0.1) is 0 Å². The number of alkyl halides is 3. The van der Waals surface area contributed by atoms with E-state index in [9.17, 15) is 18.0 Å². The largest absolute Gasteiger partial charge is 0.416 e. The van der Waals surface area contributed by atoms with E-state index in [-0.39, 0.29) is 11.4 Å². The van der Waals surface area contributed by atoms with Crippen molar-refractivity contribution in [2.24, 2.45) is 0 Å². The maximum absolute atomic E-state index is 12.8. The van der Waals surface area contributed by atoms with E-state index in [1.54, 1.807) is 0 Å². The molecule has 0 aliphatic rings. The topological polar surface area (TPSA) is 75.6 Å². The van der Waals surface area contributed by atoms with Gasteiger partial charge in [0.25, 0.3) is 0 Å². The van der Waals surface area contributed by atoms with E-state index in [0.29, 0.717) is 17.5 Å². The maximum Gasteiger partial charge on any atom is 0.416 e. The van der Waals surface area contributed by atoms with Crippen LogP contribution in [0.3, 0.4) is 0 Å². The number of amides is 1. The Bertz CT molecular complexity index is 1230. The Labute approximate surface area is 179 Å². The van der Waals surface area contributed by atoms with Crippen molar-refractivity contribution >= 4 is 34.3 Å². The monoisotopic (exact) mass is 445 g/mol. The Morgan fingerprint density at radius 2 is 1.97 bits per heavy atom. The van der Waals surface area contributed by atoms with Gasteiger partial charge < -0.3 is 14.9 Å². The van der Waals surface area contributed by atoms with Gasteiger partial charge in [-0.05, 0) is 31.2 Å². The number of benzene rings is 2. The Morgan fingerprint density at radius 1 is 1.16 bits per heavy atom. The van der Waals surface area contributed by atoms with E-state index in [0.717, 1.165) is 28.6 Å². The molecule has 0 radical (unpaired) electrons. The predicted molar refractivity (Wildman–Crippen MR) is 114 cm³/mol. The van der Waals surface area contributed by atoms with Gasteiger partial charge in [-0.3, -0.25) is 4.79 Å². The molecular formula is C21H18F3N5OS. The number of nitrogens with zero attached hydrogens (tertiary/aromatic N) is 3. The quantitative estimate of drug-likeness (QED) is 0.400. The zero-order valence-corrected chi connectivity index (χ0v) is 17.2. The summed E-state index contributed by atoms with van der Waals surface area (Å²) >= 11 is 1.18. The van der Waals surface area contributed by atoms with Crippen molar-refractivity contribution in [3.05, 3.63) is 60.3 Å². The summed E-state index contributed by atoms with van der Waals surface area (Å²) < 4.78 is 40.4. The summed E-state index contributed by atoms with van der Waals surface area (Å²) in [5.41, 5.74) is 1.17. The number of H-pyrrole nitrogens is 1. The molecule has 0 saturated heterocycles. The zero-order chi connectivity index (χ0) is 22.0. The minimum absolute atomic E-state index is 0.0116. The smallest absolute Gasteiger partial charge is 0.360 e. The Balaban J connectivity index is 1.48. The van der Waals surface area contributed by atoms with Crippen molar-refractivity contribution in [2.45, 2.75) is 24.8 Å². The third-order valence-corrected chi connectivity index (χ3v) is 5.64. The third kappa shape index (κ3) is 4.43. The lowest BCUT2D eigenvalue weighted by molar-refractivity contribution is -0.137. The van der Waals surface area contributed by atoms with E-state index in [4.69, 9.17) is 0 Å². The van der Waals surface area contributed by atoms with Gasteiger partial charge in [0.1, 0.15) is 0 Å². The number of rotatable bonds is 6. The highest BCUT2D eigenvalue weighted by atomic mass is 32.2. The first kappa shape index (κ1) is 21.0. The number of hydrogen-bond acceptors (Lipinski definition) is 4. The van der Waals surface area contributed by atoms with Gasteiger partial charge in [0.15, 0.2) is 11.0 Å². The van der Waals surface area contributed by atoms with Crippen LogP contribution < -0.4 is 5.32 Å². The van der Waals surface area contributed by atoms with E-state index < -0.39 is 17.6 Å². The second kappa shape index (κ2) is 8.46. The fraction of sp³-hybridized carbons (Fsp3) is 0.190. The summed E-state index contributed by atoms with van der Waals surface area (Å²) in [4.78, 5) is 15.5. The molecule has 0 fully saturated rings. The molecule has 2 heterocycles. The maximum atomic E-state index is 12.8. The van der Waals surface area contributed by atoms with Crippen molar-refractivity contribution < 1.29 is 18.0 Å². The molecule has 31 heavy (non-hydrogen) atoms. The second-order valence-electron chi connectivity index (χ2n) is 6.71. The van der Waals surface area contributed by atoms with Crippen LogP contribution in [0.5, 0.6) is 0 Å². The molecule has 1 amide bonds. The summed E-state index contributed by atoms with van der Waals surface area (Å²) in [6, 6.07) is 12.4. The molecule has 2 aromatic carbocycles. The van der Waals surface area contributed by atoms with Crippen molar-refractivity contribution in [2.75, 3.05) is 11.1 Å². The number of fused-ring (bicyclic) bond motifs is 1. The van der Waals surface area contributed by atoms with Crippen LogP contribution in [0.1, 0.15) is 12.5 Å². The average molecular weight is 445 g/mol. The summed E-state index contributed by atoms with van der Waals surface area (Å²) in [5, 5.41) is 12.6. The minimum atomic E-state index is -4.47. The van der Waals surface area contributed by atoms with E-state index in [2.05, 4.69) is 20.5 Å². The Kier molecular flexibility index (Phi) is 5.73. The van der Waals surface area contributed by atoms with Crippen molar-refractivity contribution in [3.8, 4) is 11.4 Å². The van der Waals surface area contributed by atoms with Gasteiger partial charge in [-0.2, -0.15) is 13.2 Å². The molecule has 160 valence electrons. The van der Waals surface area contributed by atoms with E-state index in [1.807, 2.05) is 42.0 Å². The summed E-state index contributed by atoms with van der Waals surface area (Å²) in [6.07, 6.45) is -2.60. The molecular weight excluding hydrogens is 427 g/mol. The van der Waals surface area contributed by atoms with Crippen LogP contribution in [-0.4, -0.2) is 31.4 Å². The first-order chi connectivity index (χ1) is 14.9.